The molecule has 0 saturated heterocycles. The maximum Gasteiger partial charge on any atom is 0.124 e. The minimum Gasteiger partial charge on any atom is -0.327 e. The molecule has 1 unspecified atom stereocenters. The zero-order valence-corrected chi connectivity index (χ0v) is 13.2. The first-order valence-electron chi connectivity index (χ1n) is 6.79. The van der Waals surface area contributed by atoms with Crippen LogP contribution in [0.2, 0.25) is 0 Å². The lowest BCUT2D eigenvalue weighted by Crippen LogP contribution is -2.23. The molecular weight excluding hydrogens is 317 g/mol. The van der Waals surface area contributed by atoms with E-state index in [0.29, 0.717) is 0 Å². The molecule has 0 amide bonds. The molecule has 1 nitrogen and oxygen atoms in total. The van der Waals surface area contributed by atoms with Crippen LogP contribution in [0.5, 0.6) is 0 Å². The van der Waals surface area contributed by atoms with E-state index in [1.807, 2.05) is 0 Å². The van der Waals surface area contributed by atoms with Gasteiger partial charge < -0.3 is 5.73 Å². The Morgan fingerprint density at radius 2 is 2.00 bits per heavy atom. The third-order valence-corrected chi connectivity index (χ3v) is 4.12. The van der Waals surface area contributed by atoms with Gasteiger partial charge in [-0.15, -0.1) is 0 Å². The summed E-state index contributed by atoms with van der Waals surface area (Å²) >= 11 is 3.39. The third-order valence-electron chi connectivity index (χ3n) is 3.38. The summed E-state index contributed by atoms with van der Waals surface area (Å²) in [6.07, 6.45) is 2.65. The number of aryl methyl sites for hydroxylation is 2. The number of rotatable bonds is 5. The third kappa shape index (κ3) is 4.43. The van der Waals surface area contributed by atoms with Gasteiger partial charge in [-0.2, -0.15) is 0 Å². The Hall–Kier alpha value is -1.19. The molecule has 0 aromatic heterocycles. The van der Waals surface area contributed by atoms with Gasteiger partial charge in [0.1, 0.15) is 5.82 Å². The lowest BCUT2D eigenvalue weighted by molar-refractivity contribution is 0.603. The smallest absolute Gasteiger partial charge is 0.124 e. The van der Waals surface area contributed by atoms with Gasteiger partial charge in [0.15, 0.2) is 0 Å². The summed E-state index contributed by atoms with van der Waals surface area (Å²) in [6.45, 7) is 2.10. The predicted molar refractivity (Wildman–Crippen MR) is 85.3 cm³/mol. The van der Waals surface area contributed by atoms with Crippen molar-refractivity contribution in [2.24, 2.45) is 5.73 Å². The van der Waals surface area contributed by atoms with E-state index < -0.39 is 0 Å². The van der Waals surface area contributed by atoms with Gasteiger partial charge in [-0.1, -0.05) is 51.8 Å². The second kappa shape index (κ2) is 7.00. The second-order valence-corrected chi connectivity index (χ2v) is 6.08. The number of nitrogens with two attached hydrogens (primary N) is 1. The Morgan fingerprint density at radius 1 is 1.20 bits per heavy atom. The largest absolute Gasteiger partial charge is 0.327 e. The number of halogens is 2. The summed E-state index contributed by atoms with van der Waals surface area (Å²) in [5.41, 5.74) is 9.84. The molecule has 0 fully saturated rings. The highest BCUT2D eigenvalue weighted by atomic mass is 79.9. The molecule has 1 atom stereocenters. The van der Waals surface area contributed by atoms with Gasteiger partial charge in [0.2, 0.25) is 0 Å². The molecule has 20 heavy (non-hydrogen) atoms. The Labute approximate surface area is 128 Å². The molecule has 0 radical (unpaired) electrons. The van der Waals surface area contributed by atoms with Gasteiger partial charge in [-0.3, -0.25) is 0 Å². The quantitative estimate of drug-likeness (QED) is 0.860. The van der Waals surface area contributed by atoms with E-state index in [9.17, 15) is 4.39 Å². The monoisotopic (exact) mass is 335 g/mol. The number of hydrogen-bond donors (Lipinski definition) is 1. The van der Waals surface area contributed by atoms with Gasteiger partial charge in [0.05, 0.1) is 0 Å². The minimum absolute atomic E-state index is 0.0808. The molecule has 3 heteroatoms. The highest BCUT2D eigenvalue weighted by Gasteiger charge is 2.08. The summed E-state index contributed by atoms with van der Waals surface area (Å²) < 4.78 is 13.8. The van der Waals surface area contributed by atoms with Crippen LogP contribution in [-0.2, 0) is 12.8 Å². The van der Waals surface area contributed by atoms with Gasteiger partial charge >= 0.3 is 0 Å². The average molecular weight is 336 g/mol. The van der Waals surface area contributed by atoms with E-state index >= 15 is 0 Å². The van der Waals surface area contributed by atoms with Crippen LogP contribution in [0.1, 0.15) is 23.1 Å². The van der Waals surface area contributed by atoms with E-state index in [1.54, 1.807) is 6.07 Å². The summed E-state index contributed by atoms with van der Waals surface area (Å²) in [5.74, 6) is -0.228. The maximum atomic E-state index is 13.0. The lowest BCUT2D eigenvalue weighted by atomic mass is 9.99. The summed E-state index contributed by atoms with van der Waals surface area (Å²) in [5, 5.41) is 0. The average Bonchev–Trinajstić information content (AvgIpc) is 2.40. The van der Waals surface area contributed by atoms with Crippen LogP contribution < -0.4 is 5.73 Å². The molecule has 2 aromatic rings. The molecule has 0 saturated carbocycles. The van der Waals surface area contributed by atoms with Gasteiger partial charge in [-0.25, -0.2) is 4.39 Å². The molecule has 2 aromatic carbocycles. The van der Waals surface area contributed by atoms with Crippen molar-refractivity contribution < 1.29 is 4.39 Å². The minimum atomic E-state index is -0.228. The first-order valence-corrected chi connectivity index (χ1v) is 7.59. The van der Waals surface area contributed by atoms with Crippen molar-refractivity contribution in [3.63, 3.8) is 0 Å². The van der Waals surface area contributed by atoms with Crippen LogP contribution in [0.3, 0.4) is 0 Å². The van der Waals surface area contributed by atoms with E-state index in [1.165, 1.54) is 23.3 Å². The van der Waals surface area contributed by atoms with Crippen molar-refractivity contribution in [3.8, 4) is 0 Å². The molecule has 2 rings (SSSR count). The maximum absolute atomic E-state index is 13.0. The van der Waals surface area contributed by atoms with Crippen LogP contribution in [0.4, 0.5) is 4.39 Å². The Bertz CT molecular complexity index is 583. The van der Waals surface area contributed by atoms with Gasteiger partial charge in [-0.05, 0) is 49.4 Å². The van der Waals surface area contributed by atoms with Crippen LogP contribution in [0, 0.1) is 12.7 Å². The van der Waals surface area contributed by atoms with E-state index in [0.717, 1.165) is 29.3 Å². The number of benzene rings is 2. The first-order chi connectivity index (χ1) is 9.54. The fraction of sp³-hybridized carbons (Fsp3) is 0.294. The molecule has 2 N–H and O–H groups in total. The first kappa shape index (κ1) is 15.2. The van der Waals surface area contributed by atoms with E-state index in [4.69, 9.17) is 5.73 Å². The summed E-state index contributed by atoms with van der Waals surface area (Å²) in [6, 6.07) is 13.3. The van der Waals surface area contributed by atoms with Gasteiger partial charge in [0.25, 0.3) is 0 Å². The topological polar surface area (TPSA) is 26.0 Å². The molecule has 0 aliphatic rings. The summed E-state index contributed by atoms with van der Waals surface area (Å²) in [7, 11) is 0. The Balaban J connectivity index is 1.90. The molecule has 0 spiro atoms. The van der Waals surface area contributed by atoms with Gasteiger partial charge in [0, 0.05) is 10.5 Å². The van der Waals surface area contributed by atoms with Crippen LogP contribution >= 0.6 is 15.9 Å². The van der Waals surface area contributed by atoms with Crippen LogP contribution in [0.15, 0.2) is 46.9 Å². The zero-order chi connectivity index (χ0) is 14.5. The molecule has 0 heterocycles. The van der Waals surface area contributed by atoms with E-state index in [2.05, 4.69) is 47.1 Å². The lowest BCUT2D eigenvalue weighted by Gasteiger charge is -2.13. The SMILES string of the molecule is Cc1cccc(CCC(N)Cc2ccc(F)cc2Br)c1. The highest BCUT2D eigenvalue weighted by molar-refractivity contribution is 9.10. The normalized spacial score (nSPS) is 12.4. The van der Waals surface area contributed by atoms with Crippen molar-refractivity contribution in [3.05, 3.63) is 69.4 Å². The molecule has 0 aliphatic heterocycles. The Morgan fingerprint density at radius 3 is 2.70 bits per heavy atom. The van der Waals surface area contributed by atoms with E-state index in [-0.39, 0.29) is 11.9 Å². The van der Waals surface area contributed by atoms with Crippen molar-refractivity contribution in [1.29, 1.82) is 0 Å². The zero-order valence-electron chi connectivity index (χ0n) is 11.6. The van der Waals surface area contributed by atoms with Crippen molar-refractivity contribution >= 4 is 15.9 Å². The Kier molecular flexibility index (Phi) is 5.32. The predicted octanol–water partition coefficient (Wildman–Crippen LogP) is 4.40. The molecule has 106 valence electrons. The van der Waals surface area contributed by atoms with Crippen molar-refractivity contribution in [2.75, 3.05) is 0 Å². The molecule has 0 aliphatic carbocycles. The summed E-state index contributed by atoms with van der Waals surface area (Å²) in [4.78, 5) is 0. The van der Waals surface area contributed by atoms with Crippen LogP contribution in [0.25, 0.3) is 0 Å². The highest BCUT2D eigenvalue weighted by Crippen LogP contribution is 2.20. The van der Waals surface area contributed by atoms with Crippen LogP contribution in [-0.4, -0.2) is 6.04 Å². The molecular formula is C17H19BrFN. The fourth-order valence-corrected chi connectivity index (χ4v) is 2.80. The van der Waals surface area contributed by atoms with Crippen molar-refractivity contribution in [2.45, 2.75) is 32.2 Å². The second-order valence-electron chi connectivity index (χ2n) is 5.23. The van der Waals surface area contributed by atoms with Crippen molar-refractivity contribution in [1.82, 2.24) is 0 Å². The molecule has 0 bridgehead atoms. The fourth-order valence-electron chi connectivity index (χ4n) is 2.29. The number of hydrogen-bond acceptors (Lipinski definition) is 1. The standard InChI is InChI=1S/C17H19BrFN/c1-12-3-2-4-13(9-12)5-8-16(20)10-14-6-7-15(19)11-17(14)18/h2-4,6-7,9,11,16H,5,8,10,20H2,1H3.